The van der Waals surface area contributed by atoms with Crippen LogP contribution in [0.2, 0.25) is 0 Å². The van der Waals surface area contributed by atoms with Gasteiger partial charge in [-0.2, -0.15) is 0 Å². The molecule has 6 heteroatoms. The predicted octanol–water partition coefficient (Wildman–Crippen LogP) is 1.68. The SMILES string of the molecule is CCN(CC)C(=O)N(C)c1ccccc1C(N)=NO. The average molecular weight is 264 g/mol. The number of oxime groups is 1. The molecule has 1 rings (SSSR count). The van der Waals surface area contributed by atoms with Crippen molar-refractivity contribution in [2.24, 2.45) is 10.9 Å². The zero-order valence-electron chi connectivity index (χ0n) is 11.5. The Hall–Kier alpha value is -2.24. The molecular formula is C13H20N4O2. The second kappa shape index (κ2) is 6.63. The van der Waals surface area contributed by atoms with E-state index in [9.17, 15) is 4.79 Å². The Morgan fingerprint density at radius 3 is 2.42 bits per heavy atom. The Balaban J connectivity index is 3.13. The second-order valence-corrected chi connectivity index (χ2v) is 4.02. The molecule has 1 aromatic rings. The molecule has 1 aromatic carbocycles. The Morgan fingerprint density at radius 1 is 1.32 bits per heavy atom. The maximum atomic E-state index is 12.3. The molecule has 0 aromatic heterocycles. The lowest BCUT2D eigenvalue weighted by Gasteiger charge is -2.27. The summed E-state index contributed by atoms with van der Waals surface area (Å²) >= 11 is 0. The standard InChI is InChI=1S/C13H20N4O2/c1-4-17(5-2)13(18)16(3)11-9-7-6-8-10(11)12(14)15-19/h6-9,19H,4-5H2,1-3H3,(H2,14,15). The highest BCUT2D eigenvalue weighted by Gasteiger charge is 2.19. The molecule has 0 unspecified atom stereocenters. The third kappa shape index (κ3) is 3.15. The molecule has 0 aliphatic rings. The van der Waals surface area contributed by atoms with Gasteiger partial charge in [-0.05, 0) is 26.0 Å². The molecule has 19 heavy (non-hydrogen) atoms. The first kappa shape index (κ1) is 14.8. The van der Waals surface area contributed by atoms with Crippen LogP contribution in [0.1, 0.15) is 19.4 Å². The molecule has 0 heterocycles. The number of benzene rings is 1. The maximum absolute atomic E-state index is 12.3. The zero-order chi connectivity index (χ0) is 14.4. The van der Waals surface area contributed by atoms with Gasteiger partial charge in [0.1, 0.15) is 0 Å². The number of rotatable bonds is 4. The van der Waals surface area contributed by atoms with Gasteiger partial charge in [-0.15, -0.1) is 0 Å². The third-order valence-corrected chi connectivity index (χ3v) is 2.97. The van der Waals surface area contributed by atoms with E-state index < -0.39 is 0 Å². The summed E-state index contributed by atoms with van der Waals surface area (Å²) < 4.78 is 0. The smallest absolute Gasteiger partial charge is 0.324 e. The van der Waals surface area contributed by atoms with Crippen molar-refractivity contribution in [3.63, 3.8) is 0 Å². The molecule has 0 bridgehead atoms. The van der Waals surface area contributed by atoms with Crippen molar-refractivity contribution in [1.82, 2.24) is 4.90 Å². The van der Waals surface area contributed by atoms with Crippen LogP contribution in [0.4, 0.5) is 10.5 Å². The first-order valence-electron chi connectivity index (χ1n) is 6.16. The first-order valence-corrected chi connectivity index (χ1v) is 6.16. The number of hydrogen-bond donors (Lipinski definition) is 2. The van der Waals surface area contributed by atoms with E-state index in [1.807, 2.05) is 13.8 Å². The molecule has 0 atom stereocenters. The Morgan fingerprint density at radius 2 is 1.89 bits per heavy atom. The van der Waals surface area contributed by atoms with Crippen molar-refractivity contribution < 1.29 is 10.0 Å². The molecule has 0 fully saturated rings. The molecule has 0 spiro atoms. The van der Waals surface area contributed by atoms with Gasteiger partial charge in [-0.1, -0.05) is 17.3 Å². The van der Waals surface area contributed by atoms with Gasteiger partial charge in [0.2, 0.25) is 0 Å². The molecule has 0 radical (unpaired) electrons. The van der Waals surface area contributed by atoms with E-state index in [-0.39, 0.29) is 11.9 Å². The number of anilines is 1. The molecule has 0 aliphatic heterocycles. The molecule has 0 aliphatic carbocycles. The lowest BCUT2D eigenvalue weighted by Crippen LogP contribution is -2.41. The van der Waals surface area contributed by atoms with Crippen LogP contribution in [0.3, 0.4) is 0 Å². The van der Waals surface area contributed by atoms with Crippen molar-refractivity contribution in [2.75, 3.05) is 25.0 Å². The highest BCUT2D eigenvalue weighted by Crippen LogP contribution is 2.20. The first-order chi connectivity index (χ1) is 9.06. The number of amides is 2. The molecular weight excluding hydrogens is 244 g/mol. The quantitative estimate of drug-likeness (QED) is 0.375. The Kier molecular flexibility index (Phi) is 5.17. The lowest BCUT2D eigenvalue weighted by molar-refractivity contribution is 0.211. The van der Waals surface area contributed by atoms with E-state index in [1.54, 1.807) is 36.2 Å². The maximum Gasteiger partial charge on any atom is 0.324 e. The molecule has 104 valence electrons. The van der Waals surface area contributed by atoms with Crippen LogP contribution in [0, 0.1) is 0 Å². The minimum atomic E-state index is -0.122. The fraction of sp³-hybridized carbons (Fsp3) is 0.385. The second-order valence-electron chi connectivity index (χ2n) is 4.02. The van der Waals surface area contributed by atoms with Gasteiger partial charge in [0.15, 0.2) is 5.84 Å². The number of para-hydroxylation sites is 1. The van der Waals surface area contributed by atoms with Gasteiger partial charge in [-0.25, -0.2) is 4.79 Å². The van der Waals surface area contributed by atoms with Crippen LogP contribution in [0.25, 0.3) is 0 Å². The third-order valence-electron chi connectivity index (χ3n) is 2.97. The average Bonchev–Trinajstić information content (AvgIpc) is 2.46. The Bertz CT molecular complexity index is 469. The van der Waals surface area contributed by atoms with E-state index in [2.05, 4.69) is 5.16 Å². The van der Waals surface area contributed by atoms with Gasteiger partial charge < -0.3 is 15.8 Å². The van der Waals surface area contributed by atoms with Gasteiger partial charge in [0.25, 0.3) is 0 Å². The summed E-state index contributed by atoms with van der Waals surface area (Å²) in [6, 6.07) is 6.91. The van der Waals surface area contributed by atoms with Gasteiger partial charge in [-0.3, -0.25) is 4.90 Å². The molecule has 3 N–H and O–H groups in total. The largest absolute Gasteiger partial charge is 0.409 e. The molecule has 2 amide bonds. The van der Waals surface area contributed by atoms with Crippen LogP contribution < -0.4 is 10.6 Å². The zero-order valence-corrected chi connectivity index (χ0v) is 11.5. The number of amidine groups is 1. The Labute approximate surface area is 113 Å². The van der Waals surface area contributed by atoms with Gasteiger partial charge in [0, 0.05) is 25.7 Å². The predicted molar refractivity (Wildman–Crippen MR) is 75.7 cm³/mol. The van der Waals surface area contributed by atoms with E-state index in [1.165, 1.54) is 4.90 Å². The molecule has 0 saturated heterocycles. The number of nitrogens with zero attached hydrogens (tertiary/aromatic N) is 3. The fourth-order valence-corrected chi connectivity index (χ4v) is 1.85. The van der Waals surface area contributed by atoms with E-state index >= 15 is 0 Å². The number of nitrogens with two attached hydrogens (primary N) is 1. The van der Waals surface area contributed by atoms with Crippen LogP contribution in [0.5, 0.6) is 0 Å². The summed E-state index contributed by atoms with van der Waals surface area (Å²) in [5.74, 6) is -0.0187. The normalized spacial score (nSPS) is 11.2. The summed E-state index contributed by atoms with van der Waals surface area (Å²) in [5.41, 5.74) is 6.75. The van der Waals surface area contributed by atoms with Crippen molar-refractivity contribution >= 4 is 17.6 Å². The number of hydrogen-bond acceptors (Lipinski definition) is 3. The number of carbonyl (C=O) groups excluding carboxylic acids is 1. The van der Waals surface area contributed by atoms with E-state index in [4.69, 9.17) is 10.9 Å². The highest BCUT2D eigenvalue weighted by molar-refractivity contribution is 6.05. The van der Waals surface area contributed by atoms with Crippen molar-refractivity contribution in [2.45, 2.75) is 13.8 Å². The van der Waals surface area contributed by atoms with Crippen LogP contribution in [-0.4, -0.2) is 42.1 Å². The van der Waals surface area contributed by atoms with E-state index in [0.29, 0.717) is 24.3 Å². The lowest BCUT2D eigenvalue weighted by atomic mass is 10.1. The van der Waals surface area contributed by atoms with Crippen molar-refractivity contribution in [3.05, 3.63) is 29.8 Å². The fourth-order valence-electron chi connectivity index (χ4n) is 1.85. The topological polar surface area (TPSA) is 82.2 Å². The summed E-state index contributed by atoms with van der Waals surface area (Å²) in [5, 5.41) is 11.8. The molecule has 0 saturated carbocycles. The summed E-state index contributed by atoms with van der Waals surface area (Å²) in [6.45, 7) is 5.10. The van der Waals surface area contributed by atoms with Crippen molar-refractivity contribution in [1.29, 1.82) is 0 Å². The monoisotopic (exact) mass is 264 g/mol. The summed E-state index contributed by atoms with van der Waals surface area (Å²) in [6.07, 6.45) is 0. The van der Waals surface area contributed by atoms with Crippen molar-refractivity contribution in [3.8, 4) is 0 Å². The highest BCUT2D eigenvalue weighted by atomic mass is 16.4. The summed E-state index contributed by atoms with van der Waals surface area (Å²) in [7, 11) is 1.67. The van der Waals surface area contributed by atoms with Crippen LogP contribution >= 0.6 is 0 Å². The van der Waals surface area contributed by atoms with Gasteiger partial charge >= 0.3 is 6.03 Å². The van der Waals surface area contributed by atoms with Gasteiger partial charge in [0.05, 0.1) is 5.69 Å². The molecule has 6 nitrogen and oxygen atoms in total. The number of urea groups is 1. The van der Waals surface area contributed by atoms with Crippen LogP contribution in [-0.2, 0) is 0 Å². The van der Waals surface area contributed by atoms with E-state index in [0.717, 1.165) is 0 Å². The number of carbonyl (C=O) groups is 1. The minimum Gasteiger partial charge on any atom is -0.409 e. The summed E-state index contributed by atoms with van der Waals surface area (Å²) in [4.78, 5) is 15.5. The minimum absolute atomic E-state index is 0.0187. The van der Waals surface area contributed by atoms with Crippen LogP contribution in [0.15, 0.2) is 29.4 Å².